The Labute approximate surface area is 464 Å². The molecule has 8 amide bonds. The van der Waals surface area contributed by atoms with Gasteiger partial charge in [-0.25, -0.2) is 4.79 Å². The molecule has 0 aliphatic heterocycles. The fourth-order valence-electron chi connectivity index (χ4n) is 7.49. The Hall–Kier alpha value is -6.37. The predicted octanol–water partition coefficient (Wildman–Crippen LogP) is 3.19. The van der Waals surface area contributed by atoms with Crippen molar-refractivity contribution < 1.29 is 71.3 Å². The first-order valence-corrected chi connectivity index (χ1v) is 26.7. The van der Waals surface area contributed by atoms with Crippen LogP contribution in [-0.4, -0.2) is 137 Å². The molecular weight excluding hydrogens is 1040 g/mol. The average Bonchev–Trinajstić information content (AvgIpc) is 3.36. The largest absolute Gasteiger partial charge is 0.490 e. The van der Waals surface area contributed by atoms with Crippen molar-refractivity contribution in [1.29, 1.82) is 0 Å². The van der Waals surface area contributed by atoms with Gasteiger partial charge in [-0.1, -0.05) is 126 Å². The first kappa shape index (κ1) is 74.7. The van der Waals surface area contributed by atoms with Crippen LogP contribution in [0.1, 0.15) is 147 Å². The number of hydrogen-bond acceptors (Lipinski definition) is 12. The monoisotopic (exact) mass is 1130 g/mol. The second kappa shape index (κ2) is 37.5. The molecule has 25 heteroatoms. The van der Waals surface area contributed by atoms with Crippen LogP contribution < -0.4 is 54.0 Å². The molecule has 0 spiro atoms. The summed E-state index contributed by atoms with van der Waals surface area (Å²) in [5.74, 6) is -10.5. The van der Waals surface area contributed by atoms with Crippen LogP contribution in [0.25, 0.3) is 0 Å². The fourth-order valence-corrected chi connectivity index (χ4v) is 7.49. The molecule has 14 N–H and O–H groups in total. The van der Waals surface area contributed by atoms with Gasteiger partial charge in [-0.05, 0) is 87.6 Å². The Morgan fingerprint density at radius 2 is 0.886 bits per heavy atom. The molecule has 452 valence electrons. The molecule has 0 radical (unpaired) electrons. The van der Waals surface area contributed by atoms with E-state index in [1.165, 1.54) is 13.8 Å². The van der Waals surface area contributed by atoms with Gasteiger partial charge in [-0.3, -0.25) is 43.2 Å². The molecule has 0 aromatic heterocycles. The zero-order chi connectivity index (χ0) is 60.2. The third kappa shape index (κ3) is 28.4. The summed E-state index contributed by atoms with van der Waals surface area (Å²) in [6.07, 6.45) is -2.01. The number of halogens is 3. The van der Waals surface area contributed by atoms with Gasteiger partial charge in [0.05, 0.1) is 6.04 Å². The van der Waals surface area contributed by atoms with Crippen molar-refractivity contribution in [2.45, 2.75) is 209 Å². The molecule has 0 bridgehead atoms. The minimum atomic E-state index is -5.08. The Bertz CT molecular complexity index is 2100. The molecule has 1 rings (SSSR count). The van der Waals surface area contributed by atoms with Crippen LogP contribution in [0.2, 0.25) is 0 Å². The summed E-state index contributed by atoms with van der Waals surface area (Å²) in [4.78, 5) is 131. The molecule has 0 aliphatic carbocycles. The quantitative estimate of drug-likeness (QED) is 0.0450. The van der Waals surface area contributed by atoms with Crippen molar-refractivity contribution >= 4 is 59.2 Å². The van der Waals surface area contributed by atoms with Crippen LogP contribution in [0, 0.1) is 29.6 Å². The second-order valence-electron chi connectivity index (χ2n) is 20.7. The summed E-state index contributed by atoms with van der Waals surface area (Å²) >= 11 is 0. The Morgan fingerprint density at radius 3 is 1.29 bits per heavy atom. The Balaban J connectivity index is 0. The van der Waals surface area contributed by atoms with Crippen molar-refractivity contribution in [3.63, 3.8) is 0 Å². The number of benzene rings is 1. The lowest BCUT2D eigenvalue weighted by Crippen LogP contribution is -2.62. The molecule has 1 aromatic rings. The van der Waals surface area contributed by atoms with Gasteiger partial charge in [0.25, 0.3) is 0 Å². The van der Waals surface area contributed by atoms with Crippen molar-refractivity contribution in [1.82, 2.24) is 42.5 Å². The lowest BCUT2D eigenvalue weighted by molar-refractivity contribution is -0.192. The van der Waals surface area contributed by atoms with Gasteiger partial charge >= 0.3 is 18.1 Å². The number of hydrogen-bond donors (Lipinski definition) is 12. The average molecular weight is 1130 g/mol. The van der Waals surface area contributed by atoms with Gasteiger partial charge in [0, 0.05) is 6.42 Å². The topological polar surface area (TPSA) is 359 Å². The summed E-state index contributed by atoms with van der Waals surface area (Å²) in [5, 5.41) is 38.0. The molecule has 0 saturated carbocycles. The highest BCUT2D eigenvalue weighted by Crippen LogP contribution is 2.17. The molecule has 0 unspecified atom stereocenters. The zero-order valence-corrected chi connectivity index (χ0v) is 47.3. The van der Waals surface area contributed by atoms with Crippen molar-refractivity contribution in [2.75, 3.05) is 6.54 Å². The standard InChI is InChI=1S/C51H88N10O10.C2HF3O2.CH4/c1-13-30(8)40(53)48(67)58-39(27-35-21-17-16-18-22-35)46(65)57-38(26-29(6)7)47(66)61-41(31(9)14-2)49(68)56-36(23-19-20-24-52)44(63)60-42(32(10)15-3)50(69)59-37(25-28(4)5)45(64)54-33(11)43(62)55-34(12)51(70)71;3-2(4,5)1(6)7;/h16-18,21-22,28-34,36-42H,13-15,19-20,23-27,52-53H2,1-12H3,(H,54,64)(H,55,62)(H,56,68)(H,57,65)(H,58,67)(H,59,69)(H,60,63)(H,61,66)(H,70,71);(H,6,7);1H4/t30-,31-,32-,33-,34-,36-,37-,38-,39-,40-,41-,42-;;/m0../s1. The first-order valence-electron chi connectivity index (χ1n) is 26.7. The zero-order valence-electron chi connectivity index (χ0n) is 47.3. The van der Waals surface area contributed by atoms with Gasteiger partial charge in [-0.2, -0.15) is 13.2 Å². The van der Waals surface area contributed by atoms with Crippen LogP contribution in [0.3, 0.4) is 0 Å². The van der Waals surface area contributed by atoms with Gasteiger partial charge in [0.2, 0.25) is 47.3 Å². The highest BCUT2D eigenvalue weighted by Gasteiger charge is 2.39. The van der Waals surface area contributed by atoms with Crippen molar-refractivity contribution in [3.05, 3.63) is 35.9 Å². The molecular formula is C54H93F3N10O12. The number of alkyl halides is 3. The van der Waals surface area contributed by atoms with Crippen LogP contribution in [0.15, 0.2) is 30.3 Å². The van der Waals surface area contributed by atoms with Crippen LogP contribution >= 0.6 is 0 Å². The summed E-state index contributed by atoms with van der Waals surface area (Å²) in [6.45, 7) is 21.4. The van der Waals surface area contributed by atoms with Crippen LogP contribution in [0.4, 0.5) is 13.2 Å². The van der Waals surface area contributed by atoms with Gasteiger partial charge < -0.3 is 64.2 Å². The normalized spacial score (nSPS) is 15.8. The van der Waals surface area contributed by atoms with E-state index >= 15 is 0 Å². The van der Waals surface area contributed by atoms with E-state index in [-0.39, 0.29) is 50.9 Å². The van der Waals surface area contributed by atoms with E-state index in [0.717, 1.165) is 5.56 Å². The molecule has 22 nitrogen and oxygen atoms in total. The summed E-state index contributed by atoms with van der Waals surface area (Å²) in [7, 11) is 0. The van der Waals surface area contributed by atoms with E-state index in [1.54, 1.807) is 13.8 Å². The van der Waals surface area contributed by atoms with Crippen molar-refractivity contribution in [3.8, 4) is 0 Å². The van der Waals surface area contributed by atoms with Gasteiger partial charge in [0.1, 0.15) is 48.3 Å². The minimum Gasteiger partial charge on any atom is -0.480 e. The molecule has 0 aliphatic rings. The molecule has 0 heterocycles. The second-order valence-corrected chi connectivity index (χ2v) is 20.7. The van der Waals surface area contributed by atoms with E-state index in [4.69, 9.17) is 21.4 Å². The highest BCUT2D eigenvalue weighted by atomic mass is 19.4. The number of carbonyl (C=O) groups is 10. The van der Waals surface area contributed by atoms with E-state index in [2.05, 4.69) is 42.5 Å². The number of carboxylic acids is 2. The Kier molecular flexibility index (Phi) is 35.4. The summed E-state index contributed by atoms with van der Waals surface area (Å²) in [6, 6.07) is -0.976. The van der Waals surface area contributed by atoms with E-state index in [9.17, 15) is 61.4 Å². The molecule has 79 heavy (non-hydrogen) atoms. The fraction of sp³-hybridized carbons (Fsp3) is 0.704. The van der Waals surface area contributed by atoms with Gasteiger partial charge in [-0.15, -0.1) is 0 Å². The third-order valence-electron chi connectivity index (χ3n) is 13.0. The smallest absolute Gasteiger partial charge is 0.480 e. The number of aliphatic carboxylic acids is 2. The third-order valence-corrected chi connectivity index (χ3v) is 13.0. The summed E-state index contributed by atoms with van der Waals surface area (Å²) in [5.41, 5.74) is 12.8. The van der Waals surface area contributed by atoms with Crippen molar-refractivity contribution in [2.24, 2.45) is 41.1 Å². The SMILES string of the molecule is C.CC[C@H](C)[C@H](N)C(=O)N[C@@H](Cc1ccccc1)C(=O)N[C@@H](CC(C)C)C(=O)N[C@H](C(=O)N[C@@H](CCCCN)C(=O)N[C@H](C(=O)N[C@@H](CC(C)C)C(=O)N[C@@H](C)C(=O)N[C@@H](C)C(=O)O)[C@@H](C)CC)[C@@H](C)CC.O=C(O)C(F)(F)F. The molecule has 0 fully saturated rings. The highest BCUT2D eigenvalue weighted by molar-refractivity contribution is 5.98. The summed E-state index contributed by atoms with van der Waals surface area (Å²) < 4.78 is 31.7. The lowest BCUT2D eigenvalue weighted by Gasteiger charge is -2.31. The van der Waals surface area contributed by atoms with Crippen LogP contribution in [0.5, 0.6) is 0 Å². The minimum absolute atomic E-state index is 0. The molecule has 1 aromatic carbocycles. The lowest BCUT2D eigenvalue weighted by atomic mass is 9.95. The number of unbranched alkanes of at least 4 members (excludes halogenated alkanes) is 1. The number of nitrogens with two attached hydrogens (primary N) is 2. The first-order chi connectivity index (χ1) is 36.2. The molecule has 12 atom stereocenters. The van der Waals surface area contributed by atoms with Crippen LogP contribution in [-0.2, 0) is 54.4 Å². The van der Waals surface area contributed by atoms with E-state index < -0.39 is 132 Å². The van der Waals surface area contributed by atoms with E-state index in [0.29, 0.717) is 38.6 Å². The maximum atomic E-state index is 14.4. The maximum absolute atomic E-state index is 14.4. The number of nitrogens with one attached hydrogen (secondary N) is 8. The maximum Gasteiger partial charge on any atom is 0.490 e. The van der Waals surface area contributed by atoms with E-state index in [1.807, 2.05) is 85.7 Å². The number of carboxylic acid groups (broad SMARTS) is 2. The van der Waals surface area contributed by atoms with Gasteiger partial charge in [0.15, 0.2) is 0 Å². The Morgan fingerprint density at radius 1 is 0.506 bits per heavy atom. The molecule has 0 saturated heterocycles. The number of amides is 8. The number of rotatable bonds is 33. The predicted molar refractivity (Wildman–Crippen MR) is 293 cm³/mol. The number of carbonyl (C=O) groups excluding carboxylic acids is 8.